The van der Waals surface area contributed by atoms with Gasteiger partial charge in [0.2, 0.25) is 0 Å². The van der Waals surface area contributed by atoms with E-state index in [9.17, 15) is 5.11 Å². The van der Waals surface area contributed by atoms with Crippen LogP contribution in [0.25, 0.3) is 0 Å². The number of hydrogen-bond donors (Lipinski definition) is 1. The van der Waals surface area contributed by atoms with Crippen molar-refractivity contribution in [1.29, 1.82) is 0 Å². The van der Waals surface area contributed by atoms with E-state index < -0.39 is 0 Å². The van der Waals surface area contributed by atoms with E-state index in [0.717, 1.165) is 35.9 Å². The minimum absolute atomic E-state index is 0.289. The maximum absolute atomic E-state index is 9.28. The lowest BCUT2D eigenvalue weighted by atomic mass is 10.2. The van der Waals surface area contributed by atoms with E-state index in [0.29, 0.717) is 0 Å². The molecule has 0 atom stereocenters. The molecule has 0 spiro atoms. The number of aromatic hydroxyl groups is 1. The van der Waals surface area contributed by atoms with Crippen molar-refractivity contribution in [2.45, 2.75) is 26.8 Å². The van der Waals surface area contributed by atoms with Crippen molar-refractivity contribution < 1.29 is 5.11 Å². The van der Waals surface area contributed by atoms with Gasteiger partial charge in [0, 0.05) is 25.4 Å². The van der Waals surface area contributed by atoms with Crippen LogP contribution in [0.3, 0.4) is 0 Å². The topological polar surface area (TPSA) is 49.2 Å². The number of hydrogen-bond acceptors (Lipinski definition) is 4. The first kappa shape index (κ1) is 13.3. The summed E-state index contributed by atoms with van der Waals surface area (Å²) in [7, 11) is 2.01. The molecule has 0 aliphatic rings. The fraction of sp³-hybridized carbons (Fsp3) is 0.333. The summed E-state index contributed by atoms with van der Waals surface area (Å²) in [5.41, 5.74) is 2.19. The number of aryl methyl sites for hydroxylation is 2. The van der Waals surface area contributed by atoms with Crippen molar-refractivity contribution in [3.63, 3.8) is 0 Å². The summed E-state index contributed by atoms with van der Waals surface area (Å²) in [4.78, 5) is 10.9. The number of nitrogens with zero attached hydrogens (tertiary/aromatic N) is 3. The standard InChI is InChI=1S/C15H19N3O/c1-4-13-9-15(17-11(2)16-13)18(3)10-12-5-7-14(19)8-6-12/h5-9,19H,4,10H2,1-3H3. The molecule has 0 aliphatic heterocycles. The molecule has 0 fully saturated rings. The lowest BCUT2D eigenvalue weighted by molar-refractivity contribution is 0.475. The van der Waals surface area contributed by atoms with Gasteiger partial charge in [0.25, 0.3) is 0 Å². The Morgan fingerprint density at radius 3 is 2.47 bits per heavy atom. The Labute approximate surface area is 113 Å². The molecule has 0 bridgehead atoms. The molecule has 0 aliphatic carbocycles. The zero-order chi connectivity index (χ0) is 13.8. The molecule has 0 unspecified atom stereocenters. The quantitative estimate of drug-likeness (QED) is 0.915. The first-order valence-corrected chi connectivity index (χ1v) is 6.42. The molecule has 0 saturated carbocycles. The van der Waals surface area contributed by atoms with E-state index in [2.05, 4.69) is 21.8 Å². The summed E-state index contributed by atoms with van der Waals surface area (Å²) in [5.74, 6) is 2.02. The number of phenolic OH excluding ortho intramolecular Hbond substituents is 1. The maximum Gasteiger partial charge on any atom is 0.132 e. The zero-order valence-electron chi connectivity index (χ0n) is 11.6. The van der Waals surface area contributed by atoms with Crippen LogP contribution in [0.2, 0.25) is 0 Å². The van der Waals surface area contributed by atoms with Crippen LogP contribution in [0.1, 0.15) is 24.0 Å². The molecule has 100 valence electrons. The minimum Gasteiger partial charge on any atom is -0.508 e. The molecule has 4 heteroatoms. The highest BCUT2D eigenvalue weighted by molar-refractivity contribution is 5.40. The van der Waals surface area contributed by atoms with Crippen molar-refractivity contribution in [2.24, 2.45) is 0 Å². The largest absolute Gasteiger partial charge is 0.508 e. The van der Waals surface area contributed by atoms with Crippen LogP contribution in [-0.4, -0.2) is 22.1 Å². The maximum atomic E-state index is 9.28. The molecule has 0 saturated heterocycles. The van der Waals surface area contributed by atoms with Gasteiger partial charge >= 0.3 is 0 Å². The molecular weight excluding hydrogens is 238 g/mol. The summed E-state index contributed by atoms with van der Waals surface area (Å²) in [6, 6.07) is 9.26. The van der Waals surface area contributed by atoms with Gasteiger partial charge in [-0.3, -0.25) is 0 Å². The average molecular weight is 257 g/mol. The first-order valence-electron chi connectivity index (χ1n) is 6.42. The highest BCUT2D eigenvalue weighted by Gasteiger charge is 2.06. The van der Waals surface area contributed by atoms with Gasteiger partial charge in [-0.25, -0.2) is 9.97 Å². The van der Waals surface area contributed by atoms with Gasteiger partial charge in [-0.2, -0.15) is 0 Å². The van der Waals surface area contributed by atoms with Gasteiger partial charge in [0.1, 0.15) is 17.4 Å². The minimum atomic E-state index is 0.289. The Bertz CT molecular complexity index is 552. The van der Waals surface area contributed by atoms with Gasteiger partial charge < -0.3 is 10.0 Å². The summed E-state index contributed by atoms with van der Waals surface area (Å²) >= 11 is 0. The molecule has 0 amide bonds. The van der Waals surface area contributed by atoms with E-state index in [1.165, 1.54) is 0 Å². The molecular formula is C15H19N3O. The number of aromatic nitrogens is 2. The van der Waals surface area contributed by atoms with Crippen LogP contribution in [0.4, 0.5) is 5.82 Å². The Balaban J connectivity index is 2.17. The Hall–Kier alpha value is -2.10. The van der Waals surface area contributed by atoms with E-state index in [1.807, 2.05) is 32.2 Å². The normalized spacial score (nSPS) is 10.5. The summed E-state index contributed by atoms with van der Waals surface area (Å²) < 4.78 is 0. The van der Waals surface area contributed by atoms with E-state index in [1.54, 1.807) is 12.1 Å². The smallest absolute Gasteiger partial charge is 0.132 e. The van der Waals surface area contributed by atoms with Crippen molar-refractivity contribution in [3.05, 3.63) is 47.4 Å². The molecule has 2 aromatic rings. The second kappa shape index (κ2) is 5.69. The zero-order valence-corrected chi connectivity index (χ0v) is 11.6. The first-order chi connectivity index (χ1) is 9.08. The third kappa shape index (κ3) is 3.44. The van der Waals surface area contributed by atoms with Crippen LogP contribution in [0.15, 0.2) is 30.3 Å². The third-order valence-electron chi connectivity index (χ3n) is 2.99. The van der Waals surface area contributed by atoms with Crippen LogP contribution in [0, 0.1) is 6.92 Å². The van der Waals surface area contributed by atoms with E-state index in [-0.39, 0.29) is 5.75 Å². The van der Waals surface area contributed by atoms with Gasteiger partial charge in [0.05, 0.1) is 0 Å². The lowest BCUT2D eigenvalue weighted by Crippen LogP contribution is -2.18. The lowest BCUT2D eigenvalue weighted by Gasteiger charge is -2.19. The molecule has 4 nitrogen and oxygen atoms in total. The van der Waals surface area contributed by atoms with Crippen LogP contribution < -0.4 is 4.90 Å². The summed E-state index contributed by atoms with van der Waals surface area (Å²) in [6.07, 6.45) is 0.906. The number of phenols is 1. The van der Waals surface area contributed by atoms with Crippen molar-refractivity contribution in [3.8, 4) is 5.75 Å². The highest BCUT2D eigenvalue weighted by atomic mass is 16.3. The molecule has 1 aromatic carbocycles. The fourth-order valence-electron chi connectivity index (χ4n) is 1.95. The molecule has 0 radical (unpaired) electrons. The summed E-state index contributed by atoms with van der Waals surface area (Å²) in [5, 5.41) is 9.28. The molecule has 1 aromatic heterocycles. The Morgan fingerprint density at radius 2 is 1.84 bits per heavy atom. The predicted octanol–water partition coefficient (Wildman–Crippen LogP) is 2.69. The Morgan fingerprint density at radius 1 is 1.16 bits per heavy atom. The second-order valence-corrected chi connectivity index (χ2v) is 4.64. The van der Waals surface area contributed by atoms with Gasteiger partial charge in [-0.05, 0) is 31.0 Å². The third-order valence-corrected chi connectivity index (χ3v) is 2.99. The number of benzene rings is 1. The van der Waals surface area contributed by atoms with Gasteiger partial charge in [0.15, 0.2) is 0 Å². The Kier molecular flexibility index (Phi) is 4.00. The van der Waals surface area contributed by atoms with E-state index in [4.69, 9.17) is 0 Å². The number of rotatable bonds is 4. The molecule has 19 heavy (non-hydrogen) atoms. The van der Waals surface area contributed by atoms with Crippen LogP contribution in [0.5, 0.6) is 5.75 Å². The van der Waals surface area contributed by atoms with Gasteiger partial charge in [-0.15, -0.1) is 0 Å². The van der Waals surface area contributed by atoms with Crippen molar-refractivity contribution in [1.82, 2.24) is 9.97 Å². The number of anilines is 1. The predicted molar refractivity (Wildman–Crippen MR) is 76.4 cm³/mol. The van der Waals surface area contributed by atoms with Crippen LogP contribution >= 0.6 is 0 Å². The fourth-order valence-corrected chi connectivity index (χ4v) is 1.95. The monoisotopic (exact) mass is 257 g/mol. The second-order valence-electron chi connectivity index (χ2n) is 4.64. The van der Waals surface area contributed by atoms with Crippen molar-refractivity contribution >= 4 is 5.82 Å². The average Bonchev–Trinajstić information content (AvgIpc) is 2.40. The van der Waals surface area contributed by atoms with Crippen LogP contribution in [-0.2, 0) is 13.0 Å². The summed E-state index contributed by atoms with van der Waals surface area (Å²) in [6.45, 7) is 4.75. The van der Waals surface area contributed by atoms with Gasteiger partial charge in [-0.1, -0.05) is 19.1 Å². The molecule has 2 rings (SSSR count). The van der Waals surface area contributed by atoms with E-state index >= 15 is 0 Å². The molecule has 1 heterocycles. The SMILES string of the molecule is CCc1cc(N(C)Cc2ccc(O)cc2)nc(C)n1. The van der Waals surface area contributed by atoms with Crippen molar-refractivity contribution in [2.75, 3.05) is 11.9 Å². The molecule has 1 N–H and O–H groups in total. The highest BCUT2D eigenvalue weighted by Crippen LogP contribution is 2.16.